The monoisotopic (exact) mass is 244 g/mol. The first kappa shape index (κ1) is 14.3. The lowest BCUT2D eigenvalue weighted by Gasteiger charge is -2.08. The van der Waals surface area contributed by atoms with E-state index in [2.05, 4.69) is 38.2 Å². The minimum atomic E-state index is 0.471. The molecule has 1 N–H and O–H groups in total. The summed E-state index contributed by atoms with van der Waals surface area (Å²) < 4.78 is 5.12. The minimum Gasteiger partial charge on any atom is -0.495 e. The third-order valence-electron chi connectivity index (χ3n) is 2.55. The Hall–Kier alpha value is -1.79. The molecule has 0 saturated heterocycles. The van der Waals surface area contributed by atoms with E-state index < -0.39 is 0 Å². The Morgan fingerprint density at radius 3 is 2.78 bits per heavy atom. The number of nitrogens with one attached hydrogen (secondary N) is 1. The maximum Gasteiger partial charge on any atom is 0.136 e. The number of benzene rings is 1. The summed E-state index contributed by atoms with van der Waals surface area (Å²) in [6.07, 6.45) is 2.08. The van der Waals surface area contributed by atoms with Gasteiger partial charge in [0.05, 0.1) is 12.7 Å². The van der Waals surface area contributed by atoms with Crippen LogP contribution in [-0.2, 0) is 0 Å². The molecule has 0 bridgehead atoms. The lowest BCUT2D eigenvalue weighted by atomic mass is 10.1. The zero-order chi connectivity index (χ0) is 13.5. The van der Waals surface area contributed by atoms with Crippen molar-refractivity contribution >= 4 is 6.08 Å². The van der Waals surface area contributed by atoms with Gasteiger partial charge in [-0.15, -0.1) is 0 Å². The average molecular weight is 244 g/mol. The van der Waals surface area contributed by atoms with Crippen LogP contribution in [0.5, 0.6) is 5.75 Å². The first-order valence-corrected chi connectivity index (χ1v) is 6.05. The highest BCUT2D eigenvalue weighted by Gasteiger charge is 2.02. The minimum absolute atomic E-state index is 0.471. The Morgan fingerprint density at radius 1 is 1.50 bits per heavy atom. The molecule has 0 fully saturated rings. The van der Waals surface area contributed by atoms with Gasteiger partial charge in [-0.1, -0.05) is 31.6 Å². The second-order valence-electron chi connectivity index (χ2n) is 4.60. The van der Waals surface area contributed by atoms with Crippen molar-refractivity contribution in [2.75, 3.05) is 13.7 Å². The Morgan fingerprint density at radius 2 is 2.22 bits per heavy atom. The van der Waals surface area contributed by atoms with Gasteiger partial charge in [-0.3, -0.25) is 0 Å². The van der Waals surface area contributed by atoms with Crippen molar-refractivity contribution in [1.82, 2.24) is 5.32 Å². The Bertz CT molecular complexity index is 470. The first-order chi connectivity index (χ1) is 8.56. The molecular formula is C15H20N2O. The van der Waals surface area contributed by atoms with Crippen molar-refractivity contribution < 1.29 is 4.74 Å². The fourth-order valence-corrected chi connectivity index (χ4v) is 1.60. The van der Waals surface area contributed by atoms with E-state index in [1.165, 1.54) is 5.57 Å². The number of hydrogen-bond donors (Lipinski definition) is 1. The number of methoxy groups -OCH3 is 1. The van der Waals surface area contributed by atoms with Gasteiger partial charge >= 0.3 is 0 Å². The fraction of sp³-hybridized carbons (Fsp3) is 0.400. The molecule has 0 aliphatic carbocycles. The molecule has 0 heterocycles. The first-order valence-electron chi connectivity index (χ1n) is 6.05. The SMILES string of the molecule is COc1ccc(C=C(C)CNC(C)C)cc1C#N. The fourth-order valence-electron chi connectivity index (χ4n) is 1.60. The molecule has 1 rings (SSSR count). The van der Waals surface area contributed by atoms with Crippen LogP contribution in [0.2, 0.25) is 0 Å². The third-order valence-corrected chi connectivity index (χ3v) is 2.55. The average Bonchev–Trinajstić information content (AvgIpc) is 2.36. The van der Waals surface area contributed by atoms with Crippen molar-refractivity contribution in [1.29, 1.82) is 5.26 Å². The quantitative estimate of drug-likeness (QED) is 0.866. The summed E-state index contributed by atoms with van der Waals surface area (Å²) in [7, 11) is 1.57. The summed E-state index contributed by atoms with van der Waals surface area (Å²) in [4.78, 5) is 0. The molecule has 0 aromatic heterocycles. The molecule has 0 unspecified atom stereocenters. The molecular weight excluding hydrogens is 224 g/mol. The topological polar surface area (TPSA) is 45.0 Å². The Balaban J connectivity index is 2.85. The zero-order valence-electron chi connectivity index (χ0n) is 11.4. The molecule has 96 valence electrons. The highest BCUT2D eigenvalue weighted by molar-refractivity contribution is 5.58. The van der Waals surface area contributed by atoms with E-state index >= 15 is 0 Å². The van der Waals surface area contributed by atoms with Gasteiger partial charge in [0.25, 0.3) is 0 Å². The normalized spacial score (nSPS) is 11.4. The number of hydrogen-bond acceptors (Lipinski definition) is 3. The number of nitriles is 1. The maximum atomic E-state index is 9.02. The van der Waals surface area contributed by atoms with Crippen molar-refractivity contribution in [3.63, 3.8) is 0 Å². The van der Waals surface area contributed by atoms with Gasteiger partial charge in [0.1, 0.15) is 11.8 Å². The van der Waals surface area contributed by atoms with Crippen molar-refractivity contribution in [2.24, 2.45) is 0 Å². The van der Waals surface area contributed by atoms with Crippen LogP contribution in [-0.4, -0.2) is 19.7 Å². The van der Waals surface area contributed by atoms with E-state index in [1.807, 2.05) is 18.2 Å². The molecule has 18 heavy (non-hydrogen) atoms. The molecule has 3 heteroatoms. The standard InChI is InChI=1S/C15H20N2O/c1-11(2)17-10-12(3)7-13-5-6-15(18-4)14(8-13)9-16/h5-8,11,17H,10H2,1-4H3. The van der Waals surface area contributed by atoms with Crippen LogP contribution in [0.25, 0.3) is 6.08 Å². The van der Waals surface area contributed by atoms with Gasteiger partial charge in [0.2, 0.25) is 0 Å². The Labute approximate surface area is 109 Å². The largest absolute Gasteiger partial charge is 0.495 e. The highest BCUT2D eigenvalue weighted by Crippen LogP contribution is 2.20. The van der Waals surface area contributed by atoms with E-state index in [4.69, 9.17) is 10.00 Å². The number of ether oxygens (including phenoxy) is 1. The third kappa shape index (κ3) is 4.23. The van der Waals surface area contributed by atoms with Crippen LogP contribution in [0.3, 0.4) is 0 Å². The van der Waals surface area contributed by atoms with E-state index in [-0.39, 0.29) is 0 Å². The molecule has 1 aromatic carbocycles. The van der Waals surface area contributed by atoms with Crippen LogP contribution in [0.4, 0.5) is 0 Å². The van der Waals surface area contributed by atoms with Crippen LogP contribution in [0, 0.1) is 11.3 Å². The van der Waals surface area contributed by atoms with Crippen molar-refractivity contribution in [2.45, 2.75) is 26.8 Å². The second-order valence-corrected chi connectivity index (χ2v) is 4.60. The summed E-state index contributed by atoms with van der Waals surface area (Å²) in [5.74, 6) is 0.618. The van der Waals surface area contributed by atoms with Gasteiger partial charge in [0.15, 0.2) is 0 Å². The summed E-state index contributed by atoms with van der Waals surface area (Å²) in [6.45, 7) is 7.17. The van der Waals surface area contributed by atoms with Gasteiger partial charge in [-0.25, -0.2) is 0 Å². The molecule has 0 aliphatic rings. The number of rotatable bonds is 5. The Kier molecular flexibility index (Phi) is 5.41. The molecule has 3 nitrogen and oxygen atoms in total. The van der Waals surface area contributed by atoms with Crippen molar-refractivity contribution in [3.8, 4) is 11.8 Å². The molecule has 0 aliphatic heterocycles. The van der Waals surface area contributed by atoms with E-state index in [1.54, 1.807) is 7.11 Å². The summed E-state index contributed by atoms with van der Waals surface area (Å²) in [6, 6.07) is 8.24. The van der Waals surface area contributed by atoms with Gasteiger partial charge in [-0.2, -0.15) is 5.26 Å². The van der Waals surface area contributed by atoms with Crippen LogP contribution >= 0.6 is 0 Å². The van der Waals surface area contributed by atoms with E-state index in [9.17, 15) is 0 Å². The predicted molar refractivity (Wildman–Crippen MR) is 74.5 cm³/mol. The molecule has 1 aromatic rings. The van der Waals surface area contributed by atoms with Gasteiger partial charge in [-0.05, 0) is 24.6 Å². The van der Waals surface area contributed by atoms with Crippen molar-refractivity contribution in [3.05, 3.63) is 34.9 Å². The highest BCUT2D eigenvalue weighted by atomic mass is 16.5. The lowest BCUT2D eigenvalue weighted by Crippen LogP contribution is -2.24. The van der Waals surface area contributed by atoms with Crippen LogP contribution in [0.1, 0.15) is 31.9 Å². The number of nitrogens with zero attached hydrogens (tertiary/aromatic N) is 1. The van der Waals surface area contributed by atoms with Crippen LogP contribution in [0.15, 0.2) is 23.8 Å². The van der Waals surface area contributed by atoms with Gasteiger partial charge in [0, 0.05) is 12.6 Å². The molecule has 0 saturated carbocycles. The second kappa shape index (κ2) is 6.83. The summed E-state index contributed by atoms with van der Waals surface area (Å²) in [5.41, 5.74) is 2.82. The summed E-state index contributed by atoms with van der Waals surface area (Å²) in [5, 5.41) is 12.4. The van der Waals surface area contributed by atoms with E-state index in [0.29, 0.717) is 17.4 Å². The maximum absolute atomic E-state index is 9.02. The molecule has 0 amide bonds. The van der Waals surface area contributed by atoms with Gasteiger partial charge < -0.3 is 10.1 Å². The molecule has 0 radical (unpaired) electrons. The van der Waals surface area contributed by atoms with Crippen LogP contribution < -0.4 is 10.1 Å². The summed E-state index contributed by atoms with van der Waals surface area (Å²) >= 11 is 0. The molecule has 0 spiro atoms. The zero-order valence-corrected chi connectivity index (χ0v) is 11.4. The predicted octanol–water partition coefficient (Wildman–Crippen LogP) is 2.97. The lowest BCUT2D eigenvalue weighted by molar-refractivity contribution is 0.413. The van der Waals surface area contributed by atoms with E-state index in [0.717, 1.165) is 12.1 Å². The smallest absolute Gasteiger partial charge is 0.136 e. The molecule has 0 atom stereocenters.